The molecule has 0 fully saturated rings. The van der Waals surface area contributed by atoms with Crippen LogP contribution in [0.25, 0.3) is 95.0 Å². The third kappa shape index (κ3) is 4.47. The number of aromatic nitrogens is 7. The van der Waals surface area contributed by atoms with Crippen molar-refractivity contribution in [3.63, 3.8) is 0 Å². The van der Waals surface area contributed by atoms with Crippen LogP contribution in [-0.4, -0.2) is 33.6 Å². The molecule has 4 heterocycles. The molecule has 0 saturated heterocycles. The molecule has 0 aliphatic heterocycles. The normalized spacial score (nSPS) is 16.0. The summed E-state index contributed by atoms with van der Waals surface area (Å²) in [7, 11) is 0. The average molecular weight is 696 g/mol. The van der Waals surface area contributed by atoms with Gasteiger partial charge in [0.25, 0.3) is 0 Å². The summed E-state index contributed by atoms with van der Waals surface area (Å²) in [5, 5.41) is -1.09. The van der Waals surface area contributed by atoms with Gasteiger partial charge < -0.3 is 0 Å². The second kappa shape index (κ2) is 11.6. The number of imidazole rings is 1. The van der Waals surface area contributed by atoms with E-state index >= 15 is 0 Å². The van der Waals surface area contributed by atoms with Gasteiger partial charge in [-0.05, 0) is 48.4 Å². The van der Waals surface area contributed by atoms with Gasteiger partial charge in [-0.2, -0.15) is 15.0 Å². The Morgan fingerprint density at radius 2 is 0.868 bits per heavy atom. The number of nitrogens with zero attached hydrogens (tertiary/aromatic N) is 7. The minimum atomic E-state index is -0.707. The van der Waals surface area contributed by atoms with Crippen molar-refractivity contribution in [2.45, 2.75) is 0 Å². The molecule has 11 aromatic rings. The molecular formula is C46H29N7. The molecule has 0 N–H and O–H groups in total. The van der Waals surface area contributed by atoms with Gasteiger partial charge in [0, 0.05) is 32.7 Å². The summed E-state index contributed by atoms with van der Waals surface area (Å²) in [5.41, 5.74) is 1.42. The molecule has 0 radical (unpaired) electrons. The molecule has 11 rings (SSSR count). The first-order valence-electron chi connectivity index (χ1n) is 24.4. The molecule has 0 aliphatic carbocycles. The Morgan fingerprint density at radius 3 is 1.43 bits per heavy atom. The molecule has 53 heavy (non-hydrogen) atoms. The summed E-state index contributed by atoms with van der Waals surface area (Å²) in [5.74, 6) is -0.649. The highest BCUT2D eigenvalue weighted by atomic mass is 15.3. The zero-order chi connectivity index (χ0) is 48.8. The van der Waals surface area contributed by atoms with Gasteiger partial charge in [-0.3, -0.25) is 13.7 Å². The fraction of sp³-hybridized carbons (Fsp3) is 0. The SMILES string of the molecule is [2H]c1c([2H])c([2H])c2c(c1[2H])c1c([2H])c([2H])c([2H])c([2H])c1n2-c1nc(-c2ccccc2-n2c(-c3ccccc3)nc3ccccc32)nc(-n2c3c([2H])c([2H])c([2H])c([2H])c3c3c([2H])c([2H])c([2H])c([2H])c32)n1. The first-order chi connectivity index (χ1) is 33.0. The van der Waals surface area contributed by atoms with Crippen molar-refractivity contribution in [1.29, 1.82) is 0 Å². The second-order valence-corrected chi connectivity index (χ2v) is 12.0. The lowest BCUT2D eigenvalue weighted by Crippen LogP contribution is -2.11. The molecule has 248 valence electrons. The molecule has 0 spiro atoms. The van der Waals surface area contributed by atoms with Gasteiger partial charge in [-0.15, -0.1) is 0 Å². The van der Waals surface area contributed by atoms with E-state index in [1.807, 2.05) is 59.2 Å². The summed E-state index contributed by atoms with van der Waals surface area (Å²) in [6.07, 6.45) is 0. The van der Waals surface area contributed by atoms with Gasteiger partial charge in [0.15, 0.2) is 5.82 Å². The maximum Gasteiger partial charge on any atom is 0.240 e. The van der Waals surface area contributed by atoms with Crippen LogP contribution in [0.5, 0.6) is 0 Å². The minimum Gasteiger partial charge on any atom is -0.292 e. The van der Waals surface area contributed by atoms with Gasteiger partial charge in [-0.25, -0.2) is 4.98 Å². The van der Waals surface area contributed by atoms with Crippen molar-refractivity contribution >= 4 is 54.6 Å². The molecule has 7 nitrogen and oxygen atoms in total. The summed E-state index contributed by atoms with van der Waals surface area (Å²) < 4.78 is 147. The standard InChI is InChI=1S/C46H29N7/c1-2-16-30(17-3-1)44-47-36-23-9-15-29-42(36)51(44)41-28-14-8-22-35(41)43-48-45(52-37-24-10-4-18-31(37)32-19-5-11-25-38(32)52)50-46(49-43)53-39-26-12-6-20-33(39)34-21-7-13-27-40(34)53/h1-29H/i4D,5D,6D,7D,10D,11D,12D,13D,18D,19D,20D,21D,24D,25D,26D,27D. The van der Waals surface area contributed by atoms with Gasteiger partial charge >= 0.3 is 0 Å². The zero-order valence-electron chi connectivity index (χ0n) is 43.1. The van der Waals surface area contributed by atoms with E-state index in [2.05, 4.69) is 0 Å². The lowest BCUT2D eigenvalue weighted by atomic mass is 10.1. The van der Waals surface area contributed by atoms with Gasteiger partial charge in [0.2, 0.25) is 11.9 Å². The molecule has 0 atom stereocenters. The molecule has 4 aromatic heterocycles. The topological polar surface area (TPSA) is 66.3 Å². The largest absolute Gasteiger partial charge is 0.292 e. The van der Waals surface area contributed by atoms with E-state index in [0.29, 0.717) is 22.5 Å². The zero-order valence-corrected chi connectivity index (χ0v) is 27.1. The third-order valence-corrected chi connectivity index (χ3v) is 9.06. The van der Waals surface area contributed by atoms with E-state index in [4.69, 9.17) is 36.4 Å². The van der Waals surface area contributed by atoms with Crippen molar-refractivity contribution in [3.8, 4) is 40.4 Å². The molecular weight excluding hydrogens is 651 g/mol. The van der Waals surface area contributed by atoms with Gasteiger partial charge in [0.1, 0.15) is 5.82 Å². The lowest BCUT2D eigenvalue weighted by molar-refractivity contribution is 0.891. The van der Waals surface area contributed by atoms with E-state index in [-0.39, 0.29) is 55.0 Å². The Hall–Kier alpha value is -7.38. The van der Waals surface area contributed by atoms with E-state index in [1.165, 1.54) is 0 Å². The van der Waals surface area contributed by atoms with Crippen molar-refractivity contribution < 1.29 is 21.9 Å². The van der Waals surface area contributed by atoms with E-state index < -0.39 is 109 Å². The highest BCUT2D eigenvalue weighted by molar-refractivity contribution is 6.10. The average Bonchev–Trinajstić information content (AvgIpc) is 4.06. The van der Waals surface area contributed by atoms with Crippen LogP contribution < -0.4 is 0 Å². The fourth-order valence-corrected chi connectivity index (χ4v) is 6.82. The number of hydrogen-bond donors (Lipinski definition) is 0. The number of benzene rings is 7. The first kappa shape index (κ1) is 17.7. The second-order valence-electron chi connectivity index (χ2n) is 12.0. The first-order valence-corrected chi connectivity index (χ1v) is 16.4. The monoisotopic (exact) mass is 695 g/mol. The molecule has 0 unspecified atom stereocenters. The predicted octanol–water partition coefficient (Wildman–Crippen LogP) is 10.7. The van der Waals surface area contributed by atoms with E-state index in [9.17, 15) is 5.48 Å². The Bertz CT molecular complexity index is 3780. The maximum absolute atomic E-state index is 9.24. The van der Waals surface area contributed by atoms with Crippen LogP contribution in [0.4, 0.5) is 0 Å². The lowest BCUT2D eigenvalue weighted by Gasteiger charge is -2.16. The molecule has 0 bridgehead atoms. The highest BCUT2D eigenvalue weighted by Crippen LogP contribution is 2.37. The van der Waals surface area contributed by atoms with Crippen molar-refractivity contribution in [2.75, 3.05) is 0 Å². The molecule has 0 amide bonds. The molecule has 7 heteroatoms. The maximum atomic E-state index is 9.24. The number of hydrogen-bond acceptors (Lipinski definition) is 4. The van der Waals surface area contributed by atoms with Crippen LogP contribution in [0.2, 0.25) is 0 Å². The van der Waals surface area contributed by atoms with Gasteiger partial charge in [-0.1, -0.05) is 127 Å². The summed E-state index contributed by atoms with van der Waals surface area (Å²) in [6.45, 7) is 0. The van der Waals surface area contributed by atoms with Crippen LogP contribution in [0.3, 0.4) is 0 Å². The Morgan fingerprint density at radius 1 is 0.396 bits per heavy atom. The van der Waals surface area contributed by atoms with Gasteiger partial charge in [0.05, 0.1) is 60.7 Å². The summed E-state index contributed by atoms with van der Waals surface area (Å²) >= 11 is 0. The third-order valence-electron chi connectivity index (χ3n) is 9.06. The van der Waals surface area contributed by atoms with Crippen LogP contribution >= 0.6 is 0 Å². The van der Waals surface area contributed by atoms with E-state index in [0.717, 1.165) is 14.7 Å². The van der Waals surface area contributed by atoms with Crippen LogP contribution in [-0.2, 0) is 0 Å². The molecule has 0 aliphatic rings. The quantitative estimate of drug-likeness (QED) is 0.180. The Balaban J connectivity index is 1.37. The smallest absolute Gasteiger partial charge is 0.240 e. The summed E-state index contributed by atoms with van der Waals surface area (Å²) in [6, 6.07) is 13.1. The molecule has 7 aromatic carbocycles. The van der Waals surface area contributed by atoms with Crippen LogP contribution in [0, 0.1) is 0 Å². The Labute approximate surface area is 326 Å². The van der Waals surface area contributed by atoms with Crippen molar-refractivity contribution in [3.05, 3.63) is 176 Å². The summed E-state index contributed by atoms with van der Waals surface area (Å²) in [4.78, 5) is 19.7. The Kier molecular flexibility index (Phi) is 3.87. The molecule has 0 saturated carbocycles. The predicted molar refractivity (Wildman–Crippen MR) is 214 cm³/mol. The van der Waals surface area contributed by atoms with Crippen molar-refractivity contribution in [2.24, 2.45) is 0 Å². The van der Waals surface area contributed by atoms with Crippen LogP contribution in [0.15, 0.2) is 176 Å². The number of rotatable bonds is 5. The minimum absolute atomic E-state index is 0.185. The number of fused-ring (bicyclic) bond motifs is 7. The highest BCUT2D eigenvalue weighted by Gasteiger charge is 2.23. The van der Waals surface area contributed by atoms with Crippen molar-refractivity contribution in [1.82, 2.24) is 33.6 Å². The number of para-hydroxylation sites is 7. The van der Waals surface area contributed by atoms with Crippen LogP contribution in [0.1, 0.15) is 21.9 Å². The van der Waals surface area contributed by atoms with E-state index in [1.54, 1.807) is 24.3 Å². The fourth-order valence-electron chi connectivity index (χ4n) is 6.82.